The summed E-state index contributed by atoms with van der Waals surface area (Å²) in [5, 5.41) is 18.7. The van der Waals surface area contributed by atoms with Crippen molar-refractivity contribution < 1.29 is 4.74 Å². The number of halogens is 1. The molecule has 6 N–H and O–H groups in total. The Morgan fingerprint density at radius 3 is 2.88 bits per heavy atom. The molecule has 1 saturated heterocycles. The molecule has 1 aliphatic rings. The number of hydrogen-bond donors (Lipinski definition) is 4. The Kier molecular flexibility index (Phi) is 10.2. The topological polar surface area (TPSA) is 141 Å². The minimum atomic E-state index is 0. The van der Waals surface area contributed by atoms with E-state index in [-0.39, 0.29) is 29.8 Å². The maximum Gasteiger partial charge on any atom is 0.188 e. The Morgan fingerprint density at radius 2 is 2.16 bits per heavy atom. The van der Waals surface area contributed by atoms with Crippen LogP contribution in [0.1, 0.15) is 24.1 Å². The molecule has 140 valence electrons. The zero-order chi connectivity index (χ0) is 17.2. The number of rotatable bonds is 8. The number of H-pyrrole nitrogens is 1. The van der Waals surface area contributed by atoms with Crippen LogP contribution in [0.25, 0.3) is 0 Å². The molecule has 0 saturated carbocycles. The maximum absolute atomic E-state index is 8.99. The van der Waals surface area contributed by atoms with E-state index < -0.39 is 0 Å². The molecule has 10 heteroatoms. The summed E-state index contributed by atoms with van der Waals surface area (Å²) < 4.78 is 5.32. The number of aromatic nitrogens is 2. The van der Waals surface area contributed by atoms with Gasteiger partial charge in [-0.3, -0.25) is 15.0 Å². The number of nitrogens with one attached hydrogen (secondary N) is 2. The zero-order valence-corrected chi connectivity index (χ0v) is 16.7. The number of hydrogen-bond acceptors (Lipinski definition) is 6. The molecular weight excluding hydrogens is 435 g/mol. The van der Waals surface area contributed by atoms with Crippen LogP contribution in [0.15, 0.2) is 4.99 Å². The third-order valence-electron chi connectivity index (χ3n) is 3.91. The average Bonchev–Trinajstić information content (AvgIpc) is 2.96. The minimum absolute atomic E-state index is 0. The Balaban J connectivity index is 0.00000312. The molecule has 2 rings (SSSR count). The quantitative estimate of drug-likeness (QED) is 0.185. The zero-order valence-electron chi connectivity index (χ0n) is 14.3. The second-order valence-electron chi connectivity index (χ2n) is 5.68. The highest BCUT2D eigenvalue weighted by molar-refractivity contribution is 14.0. The number of nitriles is 1. The van der Waals surface area contributed by atoms with E-state index in [0.717, 1.165) is 57.9 Å². The van der Waals surface area contributed by atoms with Gasteiger partial charge in [0.2, 0.25) is 0 Å². The first-order valence-corrected chi connectivity index (χ1v) is 8.27. The Bertz CT molecular complexity index is 577. The summed E-state index contributed by atoms with van der Waals surface area (Å²) in [7, 11) is 0. The molecule has 25 heavy (non-hydrogen) atoms. The monoisotopic (exact) mass is 462 g/mol. The molecule has 0 aliphatic carbocycles. The summed E-state index contributed by atoms with van der Waals surface area (Å²) >= 11 is 0. The SMILES string of the molecule is I.N#Cc1c(N)n[nH]c1CCCN=C(N)NCCCN1CCOCC1. The second kappa shape index (κ2) is 11.9. The molecule has 1 fully saturated rings. The summed E-state index contributed by atoms with van der Waals surface area (Å²) in [4.78, 5) is 6.68. The first kappa shape index (κ1) is 21.5. The lowest BCUT2D eigenvalue weighted by molar-refractivity contribution is 0.0376. The standard InChI is InChI=1S/C15H26N8O.HI/c16-11-12-13(21-22-14(12)17)3-1-4-19-15(18)20-5-2-6-23-7-9-24-10-8-23;/h1-10H2,(H3,17,21,22)(H3,18,19,20);1H. The summed E-state index contributed by atoms with van der Waals surface area (Å²) in [5.41, 5.74) is 12.6. The van der Waals surface area contributed by atoms with Crippen LogP contribution in [-0.2, 0) is 11.2 Å². The van der Waals surface area contributed by atoms with E-state index in [1.807, 2.05) is 0 Å². The molecule has 1 aromatic rings. The summed E-state index contributed by atoms with van der Waals surface area (Å²) in [5.74, 6) is 0.707. The molecule has 9 nitrogen and oxygen atoms in total. The van der Waals surface area contributed by atoms with Gasteiger partial charge in [-0.25, -0.2) is 0 Å². The van der Waals surface area contributed by atoms with E-state index in [2.05, 4.69) is 31.5 Å². The number of aliphatic imine (C=N–C) groups is 1. The van der Waals surface area contributed by atoms with Crippen LogP contribution < -0.4 is 16.8 Å². The van der Waals surface area contributed by atoms with Crippen molar-refractivity contribution in [1.29, 1.82) is 5.26 Å². The van der Waals surface area contributed by atoms with Gasteiger partial charge in [0.15, 0.2) is 11.8 Å². The van der Waals surface area contributed by atoms with Crippen LogP contribution in [-0.4, -0.2) is 67.0 Å². The van der Waals surface area contributed by atoms with Crippen molar-refractivity contribution in [3.63, 3.8) is 0 Å². The van der Waals surface area contributed by atoms with E-state index in [4.69, 9.17) is 21.5 Å². The Morgan fingerprint density at radius 1 is 1.40 bits per heavy atom. The third kappa shape index (κ3) is 7.45. The Labute approximate surface area is 165 Å². The van der Waals surface area contributed by atoms with Gasteiger partial charge in [0.25, 0.3) is 0 Å². The molecule has 0 atom stereocenters. The van der Waals surface area contributed by atoms with Crippen molar-refractivity contribution in [1.82, 2.24) is 20.4 Å². The van der Waals surface area contributed by atoms with Crippen LogP contribution in [0, 0.1) is 11.3 Å². The highest BCUT2D eigenvalue weighted by Crippen LogP contribution is 2.13. The lowest BCUT2D eigenvalue weighted by atomic mass is 10.1. The van der Waals surface area contributed by atoms with Crippen molar-refractivity contribution in [2.75, 3.05) is 51.7 Å². The number of nitrogens with two attached hydrogens (primary N) is 2. The van der Waals surface area contributed by atoms with Crippen LogP contribution >= 0.6 is 24.0 Å². The highest BCUT2D eigenvalue weighted by Gasteiger charge is 2.10. The molecule has 1 aromatic heterocycles. The first-order valence-electron chi connectivity index (χ1n) is 8.27. The van der Waals surface area contributed by atoms with E-state index in [1.54, 1.807) is 0 Å². The van der Waals surface area contributed by atoms with Gasteiger partial charge in [0, 0.05) is 26.2 Å². The van der Waals surface area contributed by atoms with Gasteiger partial charge in [-0.1, -0.05) is 0 Å². The van der Waals surface area contributed by atoms with Crippen molar-refractivity contribution in [3.05, 3.63) is 11.3 Å². The lowest BCUT2D eigenvalue weighted by Crippen LogP contribution is -2.39. The summed E-state index contributed by atoms with van der Waals surface area (Å²) in [6, 6.07) is 2.05. The fourth-order valence-corrected chi connectivity index (χ4v) is 2.55. The molecule has 0 amide bonds. The smallest absolute Gasteiger partial charge is 0.188 e. The van der Waals surface area contributed by atoms with Crippen molar-refractivity contribution in [2.45, 2.75) is 19.3 Å². The molecule has 0 spiro atoms. The maximum atomic E-state index is 8.99. The molecule has 0 bridgehead atoms. The van der Waals surface area contributed by atoms with E-state index in [1.165, 1.54) is 0 Å². The molecule has 2 heterocycles. The van der Waals surface area contributed by atoms with Crippen LogP contribution in [0.3, 0.4) is 0 Å². The first-order chi connectivity index (χ1) is 11.7. The van der Waals surface area contributed by atoms with Gasteiger partial charge in [0.1, 0.15) is 11.6 Å². The van der Waals surface area contributed by atoms with Crippen LogP contribution in [0.5, 0.6) is 0 Å². The number of nitrogen functional groups attached to an aromatic ring is 1. The number of aryl methyl sites for hydroxylation is 1. The van der Waals surface area contributed by atoms with E-state index >= 15 is 0 Å². The van der Waals surface area contributed by atoms with E-state index in [0.29, 0.717) is 24.5 Å². The molecule has 0 unspecified atom stereocenters. The number of aromatic amines is 1. The van der Waals surface area contributed by atoms with Gasteiger partial charge >= 0.3 is 0 Å². The summed E-state index contributed by atoms with van der Waals surface area (Å²) in [6.07, 6.45) is 2.46. The van der Waals surface area contributed by atoms with Gasteiger partial charge in [-0.2, -0.15) is 10.4 Å². The number of morpholine rings is 1. The number of guanidine groups is 1. The fraction of sp³-hybridized carbons (Fsp3) is 0.667. The number of nitrogens with zero attached hydrogens (tertiary/aromatic N) is 4. The summed E-state index contributed by atoms with van der Waals surface area (Å²) in [6.45, 7) is 6.11. The predicted molar refractivity (Wildman–Crippen MR) is 108 cm³/mol. The highest BCUT2D eigenvalue weighted by atomic mass is 127. The number of anilines is 1. The van der Waals surface area contributed by atoms with Crippen molar-refractivity contribution in [2.24, 2.45) is 10.7 Å². The normalized spacial score (nSPS) is 15.4. The minimum Gasteiger partial charge on any atom is -0.381 e. The molecule has 0 aromatic carbocycles. The largest absolute Gasteiger partial charge is 0.381 e. The van der Waals surface area contributed by atoms with Gasteiger partial charge in [-0.15, -0.1) is 24.0 Å². The molecular formula is C15H27IN8O. The van der Waals surface area contributed by atoms with Crippen molar-refractivity contribution >= 4 is 35.8 Å². The third-order valence-corrected chi connectivity index (χ3v) is 3.91. The lowest BCUT2D eigenvalue weighted by Gasteiger charge is -2.26. The van der Waals surface area contributed by atoms with E-state index in [9.17, 15) is 0 Å². The Hall–Kier alpha value is -1.58. The average molecular weight is 462 g/mol. The number of ether oxygens (including phenoxy) is 1. The van der Waals surface area contributed by atoms with Gasteiger partial charge in [-0.05, 0) is 25.8 Å². The van der Waals surface area contributed by atoms with Crippen LogP contribution in [0.4, 0.5) is 5.82 Å². The molecule has 1 aliphatic heterocycles. The van der Waals surface area contributed by atoms with Gasteiger partial charge in [0.05, 0.1) is 18.9 Å². The fourth-order valence-electron chi connectivity index (χ4n) is 2.55. The van der Waals surface area contributed by atoms with Crippen molar-refractivity contribution in [3.8, 4) is 6.07 Å². The van der Waals surface area contributed by atoms with Gasteiger partial charge < -0.3 is 21.5 Å². The molecule has 0 radical (unpaired) electrons. The predicted octanol–water partition coefficient (Wildman–Crippen LogP) is 0.0408. The second-order valence-corrected chi connectivity index (χ2v) is 5.68. The van der Waals surface area contributed by atoms with Crippen LogP contribution in [0.2, 0.25) is 0 Å².